The van der Waals surface area contributed by atoms with E-state index in [1.807, 2.05) is 9.80 Å². The first kappa shape index (κ1) is 36.1. The van der Waals surface area contributed by atoms with Gasteiger partial charge in [0.05, 0.1) is 49.9 Å². The van der Waals surface area contributed by atoms with Gasteiger partial charge in [-0.25, -0.2) is 18.4 Å². The van der Waals surface area contributed by atoms with Gasteiger partial charge in [-0.1, -0.05) is 12.1 Å². The lowest BCUT2D eigenvalue weighted by Crippen LogP contribution is -2.42. The van der Waals surface area contributed by atoms with E-state index in [9.17, 15) is 28.0 Å². The lowest BCUT2D eigenvalue weighted by Gasteiger charge is -2.29. The second-order valence-corrected chi connectivity index (χ2v) is 12.9. The summed E-state index contributed by atoms with van der Waals surface area (Å²) in [6.07, 6.45) is -0.608. The van der Waals surface area contributed by atoms with Gasteiger partial charge in [0.2, 0.25) is 11.8 Å². The largest absolute Gasteiger partial charge is 0.447 e. The van der Waals surface area contributed by atoms with Gasteiger partial charge in [-0.05, 0) is 41.8 Å². The molecule has 51 heavy (non-hydrogen) atoms. The molecule has 2 unspecified atom stereocenters. The molecule has 4 aliphatic rings. The van der Waals surface area contributed by atoms with E-state index < -0.39 is 24.3 Å². The summed E-state index contributed by atoms with van der Waals surface area (Å²) in [7, 11) is 0. The molecule has 16 heteroatoms. The smallest absolute Gasteiger partial charge is 0.410 e. The summed E-state index contributed by atoms with van der Waals surface area (Å²) >= 11 is 0. The summed E-state index contributed by atoms with van der Waals surface area (Å²) in [5.41, 5.74) is 2.20. The van der Waals surface area contributed by atoms with Crippen molar-refractivity contribution in [3.63, 3.8) is 0 Å². The average molecular weight is 715 g/mol. The zero-order valence-electron chi connectivity index (χ0n) is 28.5. The number of amides is 4. The number of carbonyl (C=O) groups excluding carboxylic acids is 4. The number of hydrogen-bond donors (Lipinski definition) is 2. The average Bonchev–Trinajstić information content (AvgIpc) is 3.67. The molecule has 6 rings (SSSR count). The summed E-state index contributed by atoms with van der Waals surface area (Å²) in [6.45, 7) is 5.33. The van der Waals surface area contributed by atoms with Crippen LogP contribution >= 0.6 is 0 Å². The highest BCUT2D eigenvalue weighted by molar-refractivity contribution is 5.79. The van der Waals surface area contributed by atoms with Crippen LogP contribution in [0.5, 0.6) is 0 Å². The highest BCUT2D eigenvalue weighted by Crippen LogP contribution is 2.25. The maximum atomic E-state index is 14.9. The molecule has 0 saturated carbocycles. The van der Waals surface area contributed by atoms with Crippen LogP contribution in [0.15, 0.2) is 36.4 Å². The first-order valence-corrected chi connectivity index (χ1v) is 17.4. The quantitative estimate of drug-likeness (QED) is 0.300. The number of nitrogens with one attached hydrogen (secondary N) is 2. The van der Waals surface area contributed by atoms with E-state index >= 15 is 0 Å². The zero-order chi connectivity index (χ0) is 35.7. The molecule has 2 aromatic rings. The molecular weight excluding hydrogens is 670 g/mol. The fourth-order valence-electron chi connectivity index (χ4n) is 6.57. The van der Waals surface area contributed by atoms with Gasteiger partial charge in [0.15, 0.2) is 0 Å². The van der Waals surface area contributed by atoms with Crippen LogP contribution in [0.3, 0.4) is 0 Å². The molecule has 4 aliphatic heterocycles. The van der Waals surface area contributed by atoms with Gasteiger partial charge in [0.1, 0.15) is 24.8 Å². The van der Waals surface area contributed by atoms with Crippen LogP contribution < -0.4 is 20.4 Å². The van der Waals surface area contributed by atoms with Gasteiger partial charge < -0.3 is 39.4 Å². The molecule has 2 N–H and O–H groups in total. The fraction of sp³-hybridized carbons (Fsp3) is 0.543. The summed E-state index contributed by atoms with van der Waals surface area (Å²) < 4.78 is 50.9. The Bertz CT molecular complexity index is 1460. The number of carbonyl (C=O) groups is 4. The first-order chi connectivity index (χ1) is 24.7. The van der Waals surface area contributed by atoms with E-state index in [1.165, 1.54) is 21.9 Å². The standard InChI is InChI=1S/C35H44F2N6O8/c36-28-16-24(4-6-30(28)40-8-12-48-13-9-40)20-42-26(22-50-34(42)46)18-38-32(44)2-1-3-33(45)39-19-27-23-51-35(47)43(27)21-25-5-7-31(29(37)17-25)41-10-14-49-15-11-41/h4-7,16-17,26-27H,1-3,8-15,18-23H2,(H,38,44)(H,39,45). The minimum Gasteiger partial charge on any atom is -0.447 e. The van der Waals surface area contributed by atoms with Crippen LogP contribution in [0.2, 0.25) is 0 Å². The molecule has 4 heterocycles. The Morgan fingerprint density at radius 3 is 1.47 bits per heavy atom. The predicted molar refractivity (Wildman–Crippen MR) is 180 cm³/mol. The number of hydrogen-bond acceptors (Lipinski definition) is 10. The number of cyclic esters (lactones) is 2. The van der Waals surface area contributed by atoms with Crippen molar-refractivity contribution in [2.45, 2.75) is 44.4 Å². The highest BCUT2D eigenvalue weighted by Gasteiger charge is 2.34. The third-order valence-electron chi connectivity index (χ3n) is 9.46. The normalized spacial score (nSPS) is 20.7. The molecule has 2 aromatic carbocycles. The fourth-order valence-corrected chi connectivity index (χ4v) is 6.57. The number of rotatable bonds is 14. The summed E-state index contributed by atoms with van der Waals surface area (Å²) in [4.78, 5) is 56.8. The van der Waals surface area contributed by atoms with Crippen molar-refractivity contribution in [3.05, 3.63) is 59.2 Å². The lowest BCUT2D eigenvalue weighted by molar-refractivity contribution is -0.122. The van der Waals surface area contributed by atoms with Crippen molar-refractivity contribution < 1.29 is 46.9 Å². The maximum absolute atomic E-state index is 14.9. The van der Waals surface area contributed by atoms with Gasteiger partial charge in [0, 0.05) is 65.2 Å². The number of halogens is 2. The number of nitrogens with zero attached hydrogens (tertiary/aromatic N) is 4. The van der Waals surface area contributed by atoms with Gasteiger partial charge in [-0.3, -0.25) is 19.4 Å². The molecule has 0 radical (unpaired) electrons. The van der Waals surface area contributed by atoms with E-state index in [0.29, 0.717) is 75.1 Å². The van der Waals surface area contributed by atoms with Crippen LogP contribution in [0.25, 0.3) is 0 Å². The lowest BCUT2D eigenvalue weighted by atomic mass is 10.1. The molecule has 0 bridgehead atoms. The number of ether oxygens (including phenoxy) is 4. The molecule has 4 saturated heterocycles. The van der Waals surface area contributed by atoms with E-state index in [0.717, 1.165) is 0 Å². The van der Waals surface area contributed by atoms with Gasteiger partial charge in [-0.2, -0.15) is 0 Å². The van der Waals surface area contributed by atoms with E-state index in [2.05, 4.69) is 10.6 Å². The van der Waals surface area contributed by atoms with Crippen LogP contribution in [0.4, 0.5) is 29.7 Å². The van der Waals surface area contributed by atoms with Crippen LogP contribution in [-0.2, 0) is 41.6 Å². The number of anilines is 2. The van der Waals surface area contributed by atoms with Crippen LogP contribution in [0.1, 0.15) is 30.4 Å². The molecular formula is C35H44F2N6O8. The minimum atomic E-state index is -0.537. The minimum absolute atomic E-state index is 0.0896. The molecule has 14 nitrogen and oxygen atoms in total. The van der Waals surface area contributed by atoms with E-state index in [4.69, 9.17) is 18.9 Å². The molecule has 0 aliphatic carbocycles. The number of benzene rings is 2. The molecule has 2 atom stereocenters. The van der Waals surface area contributed by atoms with Crippen molar-refractivity contribution in [1.29, 1.82) is 0 Å². The summed E-state index contributed by atoms with van der Waals surface area (Å²) in [6, 6.07) is 8.95. The molecule has 0 aromatic heterocycles. The van der Waals surface area contributed by atoms with Gasteiger partial charge in [0.25, 0.3) is 0 Å². The van der Waals surface area contributed by atoms with Crippen LogP contribution in [-0.4, -0.2) is 125 Å². The summed E-state index contributed by atoms with van der Waals surface area (Å²) in [5.74, 6) is -1.31. The third-order valence-corrected chi connectivity index (χ3v) is 9.46. The Morgan fingerprint density at radius 1 is 0.667 bits per heavy atom. The van der Waals surface area contributed by atoms with Crippen molar-refractivity contribution in [1.82, 2.24) is 20.4 Å². The van der Waals surface area contributed by atoms with E-state index in [1.54, 1.807) is 24.3 Å². The monoisotopic (exact) mass is 714 g/mol. The van der Waals surface area contributed by atoms with Gasteiger partial charge in [-0.15, -0.1) is 0 Å². The highest BCUT2D eigenvalue weighted by atomic mass is 19.1. The Labute approximate surface area is 294 Å². The number of morpholine rings is 2. The third kappa shape index (κ3) is 9.35. The van der Waals surface area contributed by atoms with Crippen molar-refractivity contribution in [2.24, 2.45) is 0 Å². The Hall–Kier alpha value is -4.70. The molecule has 276 valence electrons. The Morgan fingerprint density at radius 2 is 1.08 bits per heavy atom. The first-order valence-electron chi connectivity index (χ1n) is 17.4. The van der Waals surface area contributed by atoms with Gasteiger partial charge >= 0.3 is 12.2 Å². The molecule has 4 fully saturated rings. The predicted octanol–water partition coefficient (Wildman–Crippen LogP) is 2.38. The zero-order valence-corrected chi connectivity index (χ0v) is 28.5. The second-order valence-electron chi connectivity index (χ2n) is 12.9. The Kier molecular flexibility index (Phi) is 12.0. The topological polar surface area (TPSA) is 142 Å². The summed E-state index contributed by atoms with van der Waals surface area (Å²) in [5, 5.41) is 5.60. The SMILES string of the molecule is O=C(CCCC(=O)NCC1COC(=O)N1Cc1ccc(N2CCOCC2)c(F)c1)NCC1COC(=O)N1Cc1ccc(N2CCOCC2)c(F)c1. The van der Waals surface area contributed by atoms with E-state index in [-0.39, 0.29) is 82.1 Å². The molecule has 0 spiro atoms. The second kappa shape index (κ2) is 17.0. The van der Waals surface area contributed by atoms with Crippen molar-refractivity contribution >= 4 is 35.4 Å². The van der Waals surface area contributed by atoms with Crippen LogP contribution in [0, 0.1) is 11.6 Å². The van der Waals surface area contributed by atoms with Crippen molar-refractivity contribution in [2.75, 3.05) is 88.7 Å². The van der Waals surface area contributed by atoms with Crippen molar-refractivity contribution in [3.8, 4) is 0 Å². The maximum Gasteiger partial charge on any atom is 0.410 e. The Balaban J connectivity index is 0.897. The molecule has 4 amide bonds.